The number of nitrogens with zero attached hydrogens (tertiary/aromatic N) is 1. The van der Waals surface area contributed by atoms with Crippen molar-refractivity contribution in [2.24, 2.45) is 0 Å². The molecule has 1 aliphatic heterocycles. The number of anilines is 1. The molecule has 0 N–H and O–H groups in total. The van der Waals surface area contributed by atoms with Crippen molar-refractivity contribution in [3.8, 4) is 0 Å². The van der Waals surface area contributed by atoms with Crippen LogP contribution in [0, 0.1) is 0 Å². The molecule has 18 heavy (non-hydrogen) atoms. The molecular formula is C13H14F3NO. The number of carbonyl (C=O) groups is 1. The first-order chi connectivity index (χ1) is 8.23. The second-order valence-electron chi connectivity index (χ2n) is 4.97. The average molecular weight is 257 g/mol. The lowest BCUT2D eigenvalue weighted by molar-refractivity contribution is -0.146. The van der Waals surface area contributed by atoms with E-state index in [2.05, 4.69) is 0 Å². The zero-order valence-electron chi connectivity index (χ0n) is 10.2. The lowest BCUT2D eigenvalue weighted by Gasteiger charge is -2.26. The summed E-state index contributed by atoms with van der Waals surface area (Å²) >= 11 is 0. The van der Waals surface area contributed by atoms with Crippen molar-refractivity contribution in [2.45, 2.75) is 31.9 Å². The molecule has 1 aromatic rings. The number of carbonyl (C=O) groups excluding carboxylic acids is 1. The first-order valence-electron chi connectivity index (χ1n) is 5.67. The van der Waals surface area contributed by atoms with Crippen molar-refractivity contribution in [3.05, 3.63) is 29.8 Å². The SMILES string of the molecule is CC(=O)N1CC(C)(CC(F)(F)F)c2ccccc21. The van der Waals surface area contributed by atoms with Crippen LogP contribution in [0.25, 0.3) is 0 Å². The molecule has 2 nitrogen and oxygen atoms in total. The first-order valence-corrected chi connectivity index (χ1v) is 5.67. The molecule has 1 heterocycles. The highest BCUT2D eigenvalue weighted by Crippen LogP contribution is 2.46. The largest absolute Gasteiger partial charge is 0.390 e. The number of benzene rings is 1. The summed E-state index contributed by atoms with van der Waals surface area (Å²) in [6.07, 6.45) is -5.16. The van der Waals surface area contributed by atoms with Gasteiger partial charge in [-0.1, -0.05) is 25.1 Å². The molecular weight excluding hydrogens is 243 g/mol. The Labute approximate surface area is 103 Å². The third-order valence-corrected chi connectivity index (χ3v) is 3.32. The van der Waals surface area contributed by atoms with Crippen LogP contribution >= 0.6 is 0 Å². The molecule has 0 fully saturated rings. The predicted octanol–water partition coefficient (Wildman–Crippen LogP) is 3.26. The number of amides is 1. The smallest absolute Gasteiger partial charge is 0.311 e. The van der Waals surface area contributed by atoms with Crippen LogP contribution in [0.3, 0.4) is 0 Å². The Bertz CT molecular complexity index is 483. The lowest BCUT2D eigenvalue weighted by Crippen LogP contribution is -2.37. The van der Waals surface area contributed by atoms with Gasteiger partial charge in [0.15, 0.2) is 0 Å². The van der Waals surface area contributed by atoms with Crippen molar-refractivity contribution in [2.75, 3.05) is 11.4 Å². The first kappa shape index (κ1) is 12.9. The molecule has 98 valence electrons. The van der Waals surface area contributed by atoms with E-state index in [1.54, 1.807) is 31.2 Å². The van der Waals surface area contributed by atoms with Crippen molar-refractivity contribution in [1.29, 1.82) is 0 Å². The monoisotopic (exact) mass is 257 g/mol. The van der Waals surface area contributed by atoms with Crippen LogP contribution in [0.4, 0.5) is 18.9 Å². The zero-order chi connectivity index (χ0) is 13.6. The number of hydrogen-bond donors (Lipinski definition) is 0. The second-order valence-corrected chi connectivity index (χ2v) is 4.97. The molecule has 1 aromatic carbocycles. The van der Waals surface area contributed by atoms with Gasteiger partial charge in [0.05, 0.1) is 6.42 Å². The van der Waals surface area contributed by atoms with Crippen LogP contribution in [0.15, 0.2) is 24.3 Å². The second kappa shape index (κ2) is 4.00. The van der Waals surface area contributed by atoms with Gasteiger partial charge in [-0.25, -0.2) is 0 Å². The third-order valence-electron chi connectivity index (χ3n) is 3.32. The topological polar surface area (TPSA) is 20.3 Å². The summed E-state index contributed by atoms with van der Waals surface area (Å²) in [5.74, 6) is -0.228. The quantitative estimate of drug-likeness (QED) is 0.756. The van der Waals surface area contributed by atoms with Gasteiger partial charge in [-0.2, -0.15) is 13.2 Å². The van der Waals surface area contributed by atoms with E-state index in [0.717, 1.165) is 0 Å². The minimum atomic E-state index is -4.24. The van der Waals surface area contributed by atoms with E-state index in [1.807, 2.05) is 0 Å². The van der Waals surface area contributed by atoms with E-state index in [-0.39, 0.29) is 12.5 Å². The van der Waals surface area contributed by atoms with Crippen molar-refractivity contribution in [3.63, 3.8) is 0 Å². The molecule has 0 saturated heterocycles. The summed E-state index contributed by atoms with van der Waals surface area (Å²) in [6, 6.07) is 6.80. The highest BCUT2D eigenvalue weighted by molar-refractivity contribution is 5.94. The standard InChI is InChI=1S/C13H14F3NO/c1-9(18)17-8-12(2,7-13(14,15)16)10-5-3-4-6-11(10)17/h3-6H,7-8H2,1-2H3. The van der Waals surface area contributed by atoms with E-state index in [1.165, 1.54) is 11.8 Å². The zero-order valence-corrected chi connectivity index (χ0v) is 10.2. The minimum absolute atomic E-state index is 0.0845. The van der Waals surface area contributed by atoms with Gasteiger partial charge in [0.25, 0.3) is 0 Å². The molecule has 0 spiro atoms. The summed E-state index contributed by atoms with van der Waals surface area (Å²) < 4.78 is 38.0. The summed E-state index contributed by atoms with van der Waals surface area (Å²) in [5.41, 5.74) is 0.134. The number of para-hydroxylation sites is 1. The number of fused-ring (bicyclic) bond motifs is 1. The summed E-state index contributed by atoms with van der Waals surface area (Å²) in [4.78, 5) is 12.9. The Morgan fingerprint density at radius 3 is 2.56 bits per heavy atom. The molecule has 1 amide bonds. The molecule has 5 heteroatoms. The van der Waals surface area contributed by atoms with Gasteiger partial charge in [0.1, 0.15) is 0 Å². The van der Waals surface area contributed by atoms with Gasteiger partial charge in [-0.3, -0.25) is 4.79 Å². The third kappa shape index (κ3) is 2.21. The van der Waals surface area contributed by atoms with Crippen LogP contribution in [-0.4, -0.2) is 18.6 Å². The molecule has 2 rings (SSSR count). The van der Waals surface area contributed by atoms with Crippen LogP contribution in [-0.2, 0) is 10.2 Å². The van der Waals surface area contributed by atoms with E-state index in [9.17, 15) is 18.0 Å². The van der Waals surface area contributed by atoms with Crippen LogP contribution in [0.5, 0.6) is 0 Å². The average Bonchev–Trinajstić information content (AvgIpc) is 2.51. The van der Waals surface area contributed by atoms with Crippen molar-refractivity contribution < 1.29 is 18.0 Å². The van der Waals surface area contributed by atoms with E-state index < -0.39 is 18.0 Å². The van der Waals surface area contributed by atoms with Gasteiger partial charge < -0.3 is 4.90 Å². The fourth-order valence-electron chi connectivity index (χ4n) is 2.61. The van der Waals surface area contributed by atoms with Crippen molar-refractivity contribution in [1.82, 2.24) is 0 Å². The maximum atomic E-state index is 12.7. The molecule has 1 atom stereocenters. The molecule has 0 radical (unpaired) electrons. The van der Waals surface area contributed by atoms with E-state index in [0.29, 0.717) is 11.3 Å². The van der Waals surface area contributed by atoms with E-state index in [4.69, 9.17) is 0 Å². The molecule has 1 aliphatic rings. The van der Waals surface area contributed by atoms with Gasteiger partial charge >= 0.3 is 6.18 Å². The number of alkyl halides is 3. The summed E-state index contributed by atoms with van der Waals surface area (Å²) in [6.45, 7) is 3.01. The fraction of sp³-hybridized carbons (Fsp3) is 0.462. The maximum Gasteiger partial charge on any atom is 0.390 e. The highest BCUT2D eigenvalue weighted by atomic mass is 19.4. The Hall–Kier alpha value is -1.52. The fourth-order valence-corrected chi connectivity index (χ4v) is 2.61. The molecule has 0 aliphatic carbocycles. The van der Waals surface area contributed by atoms with Gasteiger partial charge in [0.2, 0.25) is 5.91 Å². The summed E-state index contributed by atoms with van der Waals surface area (Å²) in [7, 11) is 0. The van der Waals surface area contributed by atoms with Gasteiger partial charge in [-0.05, 0) is 11.6 Å². The van der Waals surface area contributed by atoms with Crippen LogP contribution in [0.2, 0.25) is 0 Å². The normalized spacial score (nSPS) is 23.1. The molecule has 0 bridgehead atoms. The lowest BCUT2D eigenvalue weighted by atomic mass is 9.81. The highest BCUT2D eigenvalue weighted by Gasteiger charge is 2.47. The number of hydrogen-bond acceptors (Lipinski definition) is 1. The van der Waals surface area contributed by atoms with Gasteiger partial charge in [0, 0.05) is 24.6 Å². The minimum Gasteiger partial charge on any atom is -0.311 e. The maximum absolute atomic E-state index is 12.7. The molecule has 1 unspecified atom stereocenters. The number of rotatable bonds is 1. The Morgan fingerprint density at radius 2 is 2.00 bits per heavy atom. The number of halogens is 3. The molecule has 0 saturated carbocycles. The van der Waals surface area contributed by atoms with Crippen LogP contribution < -0.4 is 4.90 Å². The Balaban J connectivity index is 2.45. The summed E-state index contributed by atoms with van der Waals surface area (Å²) in [5, 5.41) is 0. The van der Waals surface area contributed by atoms with E-state index >= 15 is 0 Å². The predicted molar refractivity (Wildman–Crippen MR) is 62.5 cm³/mol. The van der Waals surface area contributed by atoms with Gasteiger partial charge in [-0.15, -0.1) is 0 Å². The van der Waals surface area contributed by atoms with Crippen LogP contribution in [0.1, 0.15) is 25.8 Å². The van der Waals surface area contributed by atoms with Crippen molar-refractivity contribution >= 4 is 11.6 Å². The Morgan fingerprint density at radius 1 is 1.39 bits per heavy atom. The Kier molecular flexibility index (Phi) is 2.87. The molecule has 0 aromatic heterocycles.